The van der Waals surface area contributed by atoms with Crippen LogP contribution in [0.25, 0.3) is 0 Å². The van der Waals surface area contributed by atoms with Gasteiger partial charge in [0.1, 0.15) is 0 Å². The second-order valence-corrected chi connectivity index (χ2v) is 5.59. The Morgan fingerprint density at radius 2 is 2.29 bits per heavy atom. The van der Waals surface area contributed by atoms with E-state index in [2.05, 4.69) is 58.2 Å². The van der Waals surface area contributed by atoms with Crippen molar-refractivity contribution in [1.82, 2.24) is 5.32 Å². The van der Waals surface area contributed by atoms with Crippen LogP contribution in [0.3, 0.4) is 0 Å². The minimum absolute atomic E-state index is 0.167. The summed E-state index contributed by atoms with van der Waals surface area (Å²) in [6, 6.07) is 7.00. The Bertz CT molecular complexity index is 397. The van der Waals surface area contributed by atoms with Crippen molar-refractivity contribution in [3.63, 3.8) is 0 Å². The fourth-order valence-corrected chi connectivity index (χ4v) is 2.56. The molecule has 4 heteroatoms. The predicted molar refractivity (Wildman–Crippen MR) is 74.6 cm³/mol. The summed E-state index contributed by atoms with van der Waals surface area (Å²) in [5.74, 6) is 0. The maximum Gasteiger partial charge on any atom is 0.0647 e. The molecule has 0 aliphatic carbocycles. The maximum atomic E-state index is 9.44. The molecule has 2 unspecified atom stereocenters. The molecule has 1 aromatic carbocycles. The summed E-state index contributed by atoms with van der Waals surface area (Å²) in [7, 11) is 0. The van der Waals surface area contributed by atoms with Crippen molar-refractivity contribution >= 4 is 21.6 Å². The van der Waals surface area contributed by atoms with Crippen molar-refractivity contribution in [2.45, 2.75) is 25.9 Å². The number of benzene rings is 1. The van der Waals surface area contributed by atoms with Crippen LogP contribution in [-0.4, -0.2) is 36.9 Å². The molecule has 1 fully saturated rings. The fraction of sp³-hybridized carbons (Fsp3) is 0.538. The van der Waals surface area contributed by atoms with Gasteiger partial charge < -0.3 is 15.3 Å². The first-order chi connectivity index (χ1) is 8.11. The number of anilines is 1. The summed E-state index contributed by atoms with van der Waals surface area (Å²) in [5.41, 5.74) is 2.41. The first-order valence-corrected chi connectivity index (χ1v) is 6.78. The Balaban J connectivity index is 2.25. The van der Waals surface area contributed by atoms with E-state index in [1.807, 2.05) is 0 Å². The monoisotopic (exact) mass is 298 g/mol. The van der Waals surface area contributed by atoms with Gasteiger partial charge in [0, 0.05) is 29.3 Å². The largest absolute Gasteiger partial charge is 0.394 e. The molecule has 1 saturated heterocycles. The van der Waals surface area contributed by atoms with E-state index in [1.54, 1.807) is 0 Å². The third-order valence-electron chi connectivity index (χ3n) is 3.31. The van der Waals surface area contributed by atoms with E-state index >= 15 is 0 Å². The molecule has 0 radical (unpaired) electrons. The van der Waals surface area contributed by atoms with Gasteiger partial charge in [0.25, 0.3) is 0 Å². The number of nitrogens with one attached hydrogen (secondary N) is 1. The molecule has 0 bridgehead atoms. The molecule has 2 N–H and O–H groups in total. The molecule has 2 atom stereocenters. The molecular weight excluding hydrogens is 280 g/mol. The zero-order valence-electron chi connectivity index (χ0n) is 10.3. The summed E-state index contributed by atoms with van der Waals surface area (Å²) in [6.45, 7) is 6.21. The third-order valence-corrected chi connectivity index (χ3v) is 4.17. The molecule has 0 aromatic heterocycles. The van der Waals surface area contributed by atoms with E-state index in [4.69, 9.17) is 0 Å². The first-order valence-electron chi connectivity index (χ1n) is 5.99. The molecular formula is C13H19BrN2O. The maximum absolute atomic E-state index is 9.44. The highest BCUT2D eigenvalue weighted by molar-refractivity contribution is 9.10. The van der Waals surface area contributed by atoms with Crippen LogP contribution in [0.15, 0.2) is 22.7 Å². The van der Waals surface area contributed by atoms with Crippen LogP contribution >= 0.6 is 15.9 Å². The summed E-state index contributed by atoms with van der Waals surface area (Å²) >= 11 is 3.56. The molecule has 0 spiro atoms. The lowest BCUT2D eigenvalue weighted by molar-refractivity contribution is 0.237. The van der Waals surface area contributed by atoms with Crippen molar-refractivity contribution in [2.75, 3.05) is 24.6 Å². The number of nitrogens with zero attached hydrogens (tertiary/aromatic N) is 1. The molecule has 17 heavy (non-hydrogen) atoms. The van der Waals surface area contributed by atoms with Gasteiger partial charge in [-0.3, -0.25) is 0 Å². The fourth-order valence-electron chi connectivity index (χ4n) is 2.20. The topological polar surface area (TPSA) is 35.5 Å². The number of hydrogen-bond acceptors (Lipinski definition) is 3. The van der Waals surface area contributed by atoms with Gasteiger partial charge in [0.15, 0.2) is 0 Å². The van der Waals surface area contributed by atoms with E-state index in [-0.39, 0.29) is 12.6 Å². The lowest BCUT2D eigenvalue weighted by Gasteiger charge is -2.40. The van der Waals surface area contributed by atoms with Crippen LogP contribution in [0, 0.1) is 6.92 Å². The van der Waals surface area contributed by atoms with E-state index in [9.17, 15) is 5.11 Å². The number of aliphatic hydroxyl groups is 1. The molecule has 3 nitrogen and oxygen atoms in total. The Morgan fingerprint density at radius 3 is 2.94 bits per heavy atom. The summed E-state index contributed by atoms with van der Waals surface area (Å²) in [5, 5.41) is 12.8. The van der Waals surface area contributed by atoms with Crippen LogP contribution in [0.4, 0.5) is 5.69 Å². The van der Waals surface area contributed by atoms with E-state index in [1.165, 1.54) is 11.3 Å². The molecule has 2 rings (SSSR count). The highest BCUT2D eigenvalue weighted by Gasteiger charge is 2.25. The van der Waals surface area contributed by atoms with Crippen LogP contribution in [0.5, 0.6) is 0 Å². The predicted octanol–water partition coefficient (Wildman–Crippen LogP) is 1.92. The van der Waals surface area contributed by atoms with Crippen LogP contribution in [0.1, 0.15) is 12.5 Å². The average Bonchev–Trinajstić information content (AvgIpc) is 2.32. The van der Waals surface area contributed by atoms with E-state index in [0.29, 0.717) is 6.04 Å². The van der Waals surface area contributed by atoms with Gasteiger partial charge in [-0.2, -0.15) is 0 Å². The number of aryl methyl sites for hydroxylation is 1. The SMILES string of the molecule is Cc1ccc(N2CC(C)NCC2CO)cc1Br. The van der Waals surface area contributed by atoms with Crippen LogP contribution in [0.2, 0.25) is 0 Å². The van der Waals surface area contributed by atoms with E-state index < -0.39 is 0 Å². The van der Waals surface area contributed by atoms with Gasteiger partial charge in [-0.15, -0.1) is 0 Å². The molecule has 0 amide bonds. The molecule has 1 aromatic rings. The zero-order valence-corrected chi connectivity index (χ0v) is 11.9. The Kier molecular flexibility index (Phi) is 4.07. The minimum Gasteiger partial charge on any atom is -0.394 e. The number of rotatable bonds is 2. The summed E-state index contributed by atoms with van der Waals surface area (Å²) < 4.78 is 1.12. The van der Waals surface area contributed by atoms with Crippen molar-refractivity contribution in [3.8, 4) is 0 Å². The second kappa shape index (κ2) is 5.38. The molecule has 1 heterocycles. The van der Waals surface area contributed by atoms with Crippen molar-refractivity contribution in [3.05, 3.63) is 28.2 Å². The molecule has 1 aliphatic heterocycles. The number of halogens is 1. The van der Waals surface area contributed by atoms with Crippen LogP contribution in [-0.2, 0) is 0 Å². The standard InChI is InChI=1S/C13H19BrN2O/c1-9-3-4-11(5-13(9)14)16-7-10(2)15-6-12(16)8-17/h3-5,10,12,15,17H,6-8H2,1-2H3. The quantitative estimate of drug-likeness (QED) is 0.876. The highest BCUT2D eigenvalue weighted by atomic mass is 79.9. The van der Waals surface area contributed by atoms with Gasteiger partial charge in [-0.1, -0.05) is 22.0 Å². The smallest absolute Gasteiger partial charge is 0.0647 e. The van der Waals surface area contributed by atoms with Gasteiger partial charge in [-0.25, -0.2) is 0 Å². The second-order valence-electron chi connectivity index (χ2n) is 4.73. The van der Waals surface area contributed by atoms with Gasteiger partial charge in [0.2, 0.25) is 0 Å². The highest BCUT2D eigenvalue weighted by Crippen LogP contribution is 2.26. The van der Waals surface area contributed by atoms with Crippen LogP contribution < -0.4 is 10.2 Å². The number of piperazine rings is 1. The lowest BCUT2D eigenvalue weighted by atomic mass is 10.1. The van der Waals surface area contributed by atoms with Crippen molar-refractivity contribution in [2.24, 2.45) is 0 Å². The molecule has 1 aliphatic rings. The zero-order chi connectivity index (χ0) is 12.4. The Labute approximate surface area is 111 Å². The van der Waals surface area contributed by atoms with Crippen molar-refractivity contribution in [1.29, 1.82) is 0 Å². The Hall–Kier alpha value is -0.580. The van der Waals surface area contributed by atoms with Gasteiger partial charge in [0.05, 0.1) is 12.6 Å². The normalized spacial score (nSPS) is 25.1. The first kappa shape index (κ1) is 12.9. The third kappa shape index (κ3) is 2.81. The molecule has 94 valence electrons. The van der Waals surface area contributed by atoms with Gasteiger partial charge >= 0.3 is 0 Å². The number of aliphatic hydroxyl groups excluding tert-OH is 1. The molecule has 0 saturated carbocycles. The minimum atomic E-state index is 0.167. The van der Waals surface area contributed by atoms with Gasteiger partial charge in [-0.05, 0) is 31.5 Å². The average molecular weight is 299 g/mol. The Morgan fingerprint density at radius 1 is 1.53 bits per heavy atom. The summed E-state index contributed by atoms with van der Waals surface area (Å²) in [6.07, 6.45) is 0. The number of hydrogen-bond donors (Lipinski definition) is 2. The van der Waals surface area contributed by atoms with E-state index in [0.717, 1.165) is 17.6 Å². The van der Waals surface area contributed by atoms with Crippen molar-refractivity contribution < 1.29 is 5.11 Å². The lowest BCUT2D eigenvalue weighted by Crippen LogP contribution is -2.57. The summed E-state index contributed by atoms with van der Waals surface area (Å²) in [4.78, 5) is 2.28.